The number of hydrogen-bond donors (Lipinski definition) is 2. The van der Waals surface area contributed by atoms with E-state index in [2.05, 4.69) is 34.5 Å². The van der Waals surface area contributed by atoms with Crippen molar-refractivity contribution in [2.24, 2.45) is 0 Å². The van der Waals surface area contributed by atoms with Gasteiger partial charge in [0.05, 0.1) is 11.9 Å². The summed E-state index contributed by atoms with van der Waals surface area (Å²) in [4.78, 5) is 18.5. The smallest absolute Gasteiger partial charge is 0.320 e. The van der Waals surface area contributed by atoms with E-state index in [1.54, 1.807) is 0 Å². The van der Waals surface area contributed by atoms with Gasteiger partial charge in [0.1, 0.15) is 5.82 Å². The minimum absolute atomic E-state index is 0.147. The van der Waals surface area contributed by atoms with Crippen LogP contribution >= 0.6 is 0 Å². The molecule has 22 heavy (non-hydrogen) atoms. The number of anilines is 2. The van der Waals surface area contributed by atoms with Crippen LogP contribution in [0.3, 0.4) is 0 Å². The number of aromatic nitrogens is 1. The summed E-state index contributed by atoms with van der Waals surface area (Å²) < 4.78 is 0. The predicted molar refractivity (Wildman–Crippen MR) is 91.4 cm³/mol. The molecule has 0 atom stereocenters. The molecule has 5 nitrogen and oxygen atoms in total. The number of urea groups is 1. The fraction of sp³-hybridized carbons (Fsp3) is 0.647. The van der Waals surface area contributed by atoms with E-state index in [9.17, 15) is 4.79 Å². The number of unbranched alkanes of at least 4 members (excludes halogenated alkanes) is 1. The van der Waals surface area contributed by atoms with Crippen LogP contribution < -0.4 is 15.5 Å². The highest BCUT2D eigenvalue weighted by Gasteiger charge is 2.15. The van der Waals surface area contributed by atoms with Crippen molar-refractivity contribution in [3.8, 4) is 0 Å². The van der Waals surface area contributed by atoms with Gasteiger partial charge in [-0.05, 0) is 31.4 Å². The van der Waals surface area contributed by atoms with Gasteiger partial charge in [0.2, 0.25) is 0 Å². The summed E-state index contributed by atoms with van der Waals surface area (Å²) in [5.74, 6) is 0.598. The van der Waals surface area contributed by atoms with Crippen molar-refractivity contribution in [3.63, 3.8) is 0 Å². The first-order valence-corrected chi connectivity index (χ1v) is 8.43. The number of nitrogens with one attached hydrogen (secondary N) is 2. The molecule has 0 aliphatic heterocycles. The first kappa shape index (κ1) is 16.6. The lowest BCUT2D eigenvalue weighted by molar-refractivity contribution is 0.244. The van der Waals surface area contributed by atoms with Gasteiger partial charge in [0.25, 0.3) is 0 Å². The molecule has 0 unspecified atom stereocenters. The Bertz CT molecular complexity index is 454. The van der Waals surface area contributed by atoms with Crippen molar-refractivity contribution in [3.05, 3.63) is 18.3 Å². The quantitative estimate of drug-likeness (QED) is 0.841. The second-order valence-electron chi connectivity index (χ2n) is 6.11. The minimum atomic E-state index is -0.147. The van der Waals surface area contributed by atoms with Crippen LogP contribution in [0.5, 0.6) is 0 Å². The summed E-state index contributed by atoms with van der Waals surface area (Å²) in [5, 5.41) is 5.85. The maximum atomic E-state index is 12.0. The van der Waals surface area contributed by atoms with Crippen molar-refractivity contribution >= 4 is 17.5 Å². The van der Waals surface area contributed by atoms with Crippen molar-refractivity contribution in [2.45, 2.75) is 57.9 Å². The standard InChI is InChI=1S/C17H28N4O/c1-3-4-12-21(2)15-10-11-16(18-13-15)20-17(22)19-14-8-6-5-7-9-14/h10-11,13-14H,3-9,12H2,1-2H3,(H2,18,19,20,22). The van der Waals surface area contributed by atoms with E-state index in [-0.39, 0.29) is 6.03 Å². The summed E-state index contributed by atoms with van der Waals surface area (Å²) in [6, 6.07) is 4.02. The van der Waals surface area contributed by atoms with Crippen LogP contribution in [0.4, 0.5) is 16.3 Å². The van der Waals surface area contributed by atoms with Crippen LogP contribution in [0.2, 0.25) is 0 Å². The fourth-order valence-electron chi connectivity index (χ4n) is 2.79. The first-order valence-electron chi connectivity index (χ1n) is 8.43. The second-order valence-corrected chi connectivity index (χ2v) is 6.11. The summed E-state index contributed by atoms with van der Waals surface area (Å²) in [5.41, 5.74) is 1.08. The number of carbonyl (C=O) groups is 1. The Kier molecular flexibility index (Phi) is 6.49. The second kappa shape index (κ2) is 8.61. The van der Waals surface area contributed by atoms with Gasteiger partial charge in [-0.25, -0.2) is 9.78 Å². The third kappa shape index (κ3) is 5.20. The lowest BCUT2D eigenvalue weighted by Crippen LogP contribution is -2.39. The molecular weight excluding hydrogens is 276 g/mol. The van der Waals surface area contributed by atoms with Crippen LogP contribution in [0.15, 0.2) is 18.3 Å². The zero-order valence-electron chi connectivity index (χ0n) is 13.8. The largest absolute Gasteiger partial charge is 0.373 e. The van der Waals surface area contributed by atoms with Gasteiger partial charge in [-0.2, -0.15) is 0 Å². The normalized spacial score (nSPS) is 15.4. The average molecular weight is 304 g/mol. The Labute approximate surface area is 133 Å². The molecule has 2 N–H and O–H groups in total. The van der Waals surface area contributed by atoms with Gasteiger partial charge in [-0.3, -0.25) is 5.32 Å². The Morgan fingerprint density at radius 2 is 2.09 bits per heavy atom. The molecule has 122 valence electrons. The Morgan fingerprint density at radius 3 is 2.73 bits per heavy atom. The highest BCUT2D eigenvalue weighted by molar-refractivity contribution is 5.88. The first-order chi connectivity index (χ1) is 10.7. The summed E-state index contributed by atoms with van der Waals surface area (Å²) in [6.45, 7) is 3.21. The minimum Gasteiger partial charge on any atom is -0.373 e. The number of amides is 2. The molecule has 1 aliphatic carbocycles. The Hall–Kier alpha value is -1.78. The topological polar surface area (TPSA) is 57.3 Å². The highest BCUT2D eigenvalue weighted by Crippen LogP contribution is 2.18. The molecular formula is C17H28N4O. The number of carbonyl (C=O) groups excluding carboxylic acids is 1. The van der Waals surface area contributed by atoms with Crippen molar-refractivity contribution in [1.29, 1.82) is 0 Å². The number of pyridine rings is 1. The summed E-state index contributed by atoms with van der Waals surface area (Å²) in [7, 11) is 2.07. The zero-order chi connectivity index (χ0) is 15.8. The maximum Gasteiger partial charge on any atom is 0.320 e. The van der Waals surface area contributed by atoms with E-state index < -0.39 is 0 Å². The molecule has 5 heteroatoms. The fourth-order valence-corrected chi connectivity index (χ4v) is 2.79. The third-order valence-electron chi connectivity index (χ3n) is 4.22. The number of nitrogens with zero attached hydrogens (tertiary/aromatic N) is 2. The molecule has 0 aromatic carbocycles. The molecule has 1 fully saturated rings. The SMILES string of the molecule is CCCCN(C)c1ccc(NC(=O)NC2CCCCC2)nc1. The van der Waals surface area contributed by atoms with E-state index in [1.807, 2.05) is 18.3 Å². The summed E-state index contributed by atoms with van der Waals surface area (Å²) in [6.07, 6.45) is 10.0. The van der Waals surface area contributed by atoms with Crippen LogP contribution in [-0.4, -0.2) is 30.6 Å². The third-order valence-corrected chi connectivity index (χ3v) is 4.22. The maximum absolute atomic E-state index is 12.0. The van der Waals surface area contributed by atoms with Gasteiger partial charge < -0.3 is 10.2 Å². The van der Waals surface area contributed by atoms with Gasteiger partial charge in [-0.15, -0.1) is 0 Å². The van der Waals surface area contributed by atoms with E-state index in [1.165, 1.54) is 32.1 Å². The lowest BCUT2D eigenvalue weighted by atomic mass is 9.96. The molecule has 1 heterocycles. The molecule has 2 rings (SSSR count). The van der Waals surface area contributed by atoms with Crippen LogP contribution in [0.1, 0.15) is 51.9 Å². The van der Waals surface area contributed by atoms with Gasteiger partial charge in [0.15, 0.2) is 0 Å². The van der Waals surface area contributed by atoms with Crippen LogP contribution in [0.25, 0.3) is 0 Å². The molecule has 1 aromatic heterocycles. The lowest BCUT2D eigenvalue weighted by Gasteiger charge is -2.23. The number of rotatable bonds is 6. The van der Waals surface area contributed by atoms with Crippen molar-refractivity contribution < 1.29 is 4.79 Å². The monoisotopic (exact) mass is 304 g/mol. The molecule has 0 spiro atoms. The highest BCUT2D eigenvalue weighted by atomic mass is 16.2. The van der Waals surface area contributed by atoms with Gasteiger partial charge in [0, 0.05) is 19.6 Å². The molecule has 0 bridgehead atoms. The molecule has 1 saturated carbocycles. The van der Waals surface area contributed by atoms with Crippen molar-refractivity contribution in [2.75, 3.05) is 23.8 Å². The molecule has 2 amide bonds. The van der Waals surface area contributed by atoms with Gasteiger partial charge >= 0.3 is 6.03 Å². The summed E-state index contributed by atoms with van der Waals surface area (Å²) >= 11 is 0. The molecule has 1 aromatic rings. The van der Waals surface area contributed by atoms with Crippen molar-refractivity contribution in [1.82, 2.24) is 10.3 Å². The molecule has 0 radical (unpaired) electrons. The molecule has 0 saturated heterocycles. The Morgan fingerprint density at radius 1 is 1.32 bits per heavy atom. The van der Waals surface area contributed by atoms with Crippen LogP contribution in [-0.2, 0) is 0 Å². The van der Waals surface area contributed by atoms with Crippen LogP contribution in [0, 0.1) is 0 Å². The average Bonchev–Trinajstić information content (AvgIpc) is 2.54. The van der Waals surface area contributed by atoms with E-state index in [0.717, 1.165) is 25.1 Å². The van der Waals surface area contributed by atoms with E-state index >= 15 is 0 Å². The van der Waals surface area contributed by atoms with Gasteiger partial charge in [-0.1, -0.05) is 32.6 Å². The van der Waals surface area contributed by atoms with E-state index in [4.69, 9.17) is 0 Å². The Balaban J connectivity index is 1.81. The zero-order valence-corrected chi connectivity index (χ0v) is 13.8. The molecule has 1 aliphatic rings. The predicted octanol–water partition coefficient (Wildman–Crippen LogP) is 3.77. The van der Waals surface area contributed by atoms with E-state index in [0.29, 0.717) is 11.9 Å². The number of hydrogen-bond acceptors (Lipinski definition) is 3.